The van der Waals surface area contributed by atoms with Crippen LogP contribution in [0.5, 0.6) is 5.75 Å². The minimum atomic E-state index is -1.37. The number of carboxylic acid groups (broad SMARTS) is 1. The molecule has 19 heavy (non-hydrogen) atoms. The van der Waals surface area contributed by atoms with Crippen molar-refractivity contribution < 1.29 is 24.4 Å². The lowest BCUT2D eigenvalue weighted by Gasteiger charge is -2.09. The van der Waals surface area contributed by atoms with Crippen LogP contribution in [0, 0.1) is 10.1 Å². The van der Waals surface area contributed by atoms with Gasteiger partial charge in [-0.2, -0.15) is 0 Å². The minimum Gasteiger partial charge on any atom is -0.478 e. The van der Waals surface area contributed by atoms with Gasteiger partial charge in [0.15, 0.2) is 6.61 Å². The zero-order chi connectivity index (χ0) is 14.4. The Balaban J connectivity index is 3.04. The average molecular weight is 268 g/mol. The lowest BCUT2D eigenvalue weighted by molar-refractivity contribution is -0.385. The SMILES string of the molecule is CCNC(=O)COc1c(C(=O)O)cccc1[N+](=O)[O-]. The first-order valence-corrected chi connectivity index (χ1v) is 5.37. The quantitative estimate of drug-likeness (QED) is 0.582. The van der Waals surface area contributed by atoms with Gasteiger partial charge in [-0.1, -0.05) is 6.07 Å². The number of rotatable bonds is 6. The van der Waals surface area contributed by atoms with Gasteiger partial charge < -0.3 is 15.2 Å². The van der Waals surface area contributed by atoms with E-state index in [0.29, 0.717) is 6.54 Å². The van der Waals surface area contributed by atoms with Crippen molar-refractivity contribution in [1.82, 2.24) is 5.32 Å². The Morgan fingerprint density at radius 3 is 2.68 bits per heavy atom. The van der Waals surface area contributed by atoms with Crippen molar-refractivity contribution in [2.45, 2.75) is 6.92 Å². The number of nitrogens with one attached hydrogen (secondary N) is 1. The number of carbonyl (C=O) groups excluding carboxylic acids is 1. The molecule has 0 aliphatic carbocycles. The average Bonchev–Trinajstić information content (AvgIpc) is 2.35. The summed E-state index contributed by atoms with van der Waals surface area (Å²) in [5, 5.41) is 22.2. The third kappa shape index (κ3) is 3.66. The van der Waals surface area contributed by atoms with E-state index in [0.717, 1.165) is 6.07 Å². The summed E-state index contributed by atoms with van der Waals surface area (Å²) >= 11 is 0. The van der Waals surface area contributed by atoms with Crippen molar-refractivity contribution >= 4 is 17.6 Å². The van der Waals surface area contributed by atoms with Gasteiger partial charge in [0, 0.05) is 12.6 Å². The lowest BCUT2D eigenvalue weighted by Crippen LogP contribution is -2.28. The van der Waals surface area contributed by atoms with Crippen LogP contribution in [0.3, 0.4) is 0 Å². The van der Waals surface area contributed by atoms with Crippen LogP contribution in [0.15, 0.2) is 18.2 Å². The Labute approximate surface area is 108 Å². The first-order chi connectivity index (χ1) is 8.97. The van der Waals surface area contributed by atoms with Crippen LogP contribution in [0.2, 0.25) is 0 Å². The Hall–Kier alpha value is -2.64. The first-order valence-electron chi connectivity index (χ1n) is 5.37. The van der Waals surface area contributed by atoms with E-state index in [9.17, 15) is 19.7 Å². The van der Waals surface area contributed by atoms with Crippen LogP contribution in [0.1, 0.15) is 17.3 Å². The van der Waals surface area contributed by atoms with Gasteiger partial charge in [0.05, 0.1) is 4.92 Å². The number of aromatic carboxylic acids is 1. The van der Waals surface area contributed by atoms with Crippen LogP contribution in [0.4, 0.5) is 5.69 Å². The number of para-hydroxylation sites is 1. The Morgan fingerprint density at radius 2 is 2.16 bits per heavy atom. The number of amides is 1. The van der Waals surface area contributed by atoms with E-state index in [1.54, 1.807) is 6.92 Å². The molecule has 0 heterocycles. The van der Waals surface area contributed by atoms with Gasteiger partial charge in [0.25, 0.3) is 5.91 Å². The number of carboxylic acids is 1. The van der Waals surface area contributed by atoms with E-state index < -0.39 is 34.8 Å². The van der Waals surface area contributed by atoms with Gasteiger partial charge in [0.2, 0.25) is 5.75 Å². The van der Waals surface area contributed by atoms with E-state index in [1.807, 2.05) is 0 Å². The zero-order valence-electron chi connectivity index (χ0n) is 10.1. The normalized spacial score (nSPS) is 9.74. The number of benzene rings is 1. The second-order valence-corrected chi connectivity index (χ2v) is 3.46. The summed E-state index contributed by atoms with van der Waals surface area (Å²) < 4.78 is 4.97. The standard InChI is InChI=1S/C11H12N2O6/c1-2-12-9(14)6-19-10-7(11(15)16)4-3-5-8(10)13(17)18/h3-5H,2,6H2,1H3,(H,12,14)(H,15,16). The fourth-order valence-electron chi connectivity index (χ4n) is 1.37. The van der Waals surface area contributed by atoms with Crippen LogP contribution in [0.25, 0.3) is 0 Å². The molecule has 8 heteroatoms. The molecule has 1 aromatic rings. The molecular weight excluding hydrogens is 256 g/mol. The second kappa shape index (κ2) is 6.34. The van der Waals surface area contributed by atoms with Gasteiger partial charge in [-0.05, 0) is 13.0 Å². The fourth-order valence-corrected chi connectivity index (χ4v) is 1.37. The van der Waals surface area contributed by atoms with Gasteiger partial charge in [-0.15, -0.1) is 0 Å². The largest absolute Gasteiger partial charge is 0.478 e. The summed E-state index contributed by atoms with van der Waals surface area (Å²) in [7, 11) is 0. The molecule has 0 radical (unpaired) electrons. The topological polar surface area (TPSA) is 119 Å². The number of hydrogen-bond acceptors (Lipinski definition) is 5. The van der Waals surface area contributed by atoms with Gasteiger partial charge >= 0.3 is 11.7 Å². The lowest BCUT2D eigenvalue weighted by atomic mass is 10.2. The molecule has 8 nitrogen and oxygen atoms in total. The van der Waals surface area contributed by atoms with Crippen molar-refractivity contribution in [2.75, 3.05) is 13.2 Å². The molecule has 102 valence electrons. The molecule has 0 aliphatic heterocycles. The van der Waals surface area contributed by atoms with E-state index in [-0.39, 0.29) is 5.56 Å². The summed E-state index contributed by atoms with van der Waals surface area (Å²) in [5.74, 6) is -2.28. The van der Waals surface area contributed by atoms with E-state index in [1.165, 1.54) is 12.1 Å². The third-order valence-corrected chi connectivity index (χ3v) is 2.14. The van der Waals surface area contributed by atoms with E-state index >= 15 is 0 Å². The summed E-state index contributed by atoms with van der Waals surface area (Å²) in [5.41, 5.74) is -0.859. The van der Waals surface area contributed by atoms with Crippen LogP contribution in [-0.2, 0) is 4.79 Å². The number of nitrogens with zero attached hydrogens (tertiary/aromatic N) is 1. The summed E-state index contributed by atoms with van der Waals surface area (Å²) in [4.78, 5) is 32.2. The number of carbonyl (C=O) groups is 2. The van der Waals surface area contributed by atoms with Crippen molar-refractivity contribution in [2.24, 2.45) is 0 Å². The third-order valence-electron chi connectivity index (χ3n) is 2.14. The Kier molecular flexibility index (Phi) is 4.81. The molecule has 1 rings (SSSR count). The molecule has 0 spiro atoms. The maximum Gasteiger partial charge on any atom is 0.339 e. The number of ether oxygens (including phenoxy) is 1. The molecule has 0 saturated carbocycles. The molecule has 0 unspecified atom stereocenters. The van der Waals surface area contributed by atoms with Crippen LogP contribution in [-0.4, -0.2) is 35.1 Å². The summed E-state index contributed by atoms with van der Waals surface area (Å²) in [6, 6.07) is 3.52. The number of nitro benzene ring substituents is 1. The van der Waals surface area contributed by atoms with Crippen molar-refractivity contribution in [3.63, 3.8) is 0 Å². The molecule has 0 atom stereocenters. The molecule has 1 amide bonds. The molecule has 0 saturated heterocycles. The fraction of sp³-hybridized carbons (Fsp3) is 0.273. The van der Waals surface area contributed by atoms with Crippen molar-refractivity contribution in [1.29, 1.82) is 0 Å². The Bertz CT molecular complexity index is 482. The molecule has 0 fully saturated rings. The Morgan fingerprint density at radius 1 is 1.47 bits per heavy atom. The highest BCUT2D eigenvalue weighted by Crippen LogP contribution is 2.30. The van der Waals surface area contributed by atoms with Gasteiger partial charge in [-0.3, -0.25) is 14.9 Å². The monoisotopic (exact) mass is 268 g/mol. The summed E-state index contributed by atoms with van der Waals surface area (Å²) in [6.07, 6.45) is 0. The highest BCUT2D eigenvalue weighted by Gasteiger charge is 2.23. The number of likely N-dealkylation sites (N-methyl/N-ethyl adjacent to an activating group) is 1. The van der Waals surface area contributed by atoms with Crippen LogP contribution < -0.4 is 10.1 Å². The van der Waals surface area contributed by atoms with E-state index in [4.69, 9.17) is 9.84 Å². The summed E-state index contributed by atoms with van der Waals surface area (Å²) in [6.45, 7) is 1.59. The number of nitro groups is 1. The number of hydrogen-bond donors (Lipinski definition) is 2. The molecule has 0 aromatic heterocycles. The van der Waals surface area contributed by atoms with Gasteiger partial charge in [-0.25, -0.2) is 4.79 Å². The zero-order valence-corrected chi connectivity index (χ0v) is 10.1. The molecular formula is C11H12N2O6. The molecule has 0 aliphatic rings. The van der Waals surface area contributed by atoms with Crippen molar-refractivity contribution in [3.8, 4) is 5.75 Å². The maximum atomic E-state index is 11.2. The smallest absolute Gasteiger partial charge is 0.339 e. The molecule has 0 bridgehead atoms. The predicted molar refractivity (Wildman–Crippen MR) is 64.2 cm³/mol. The van der Waals surface area contributed by atoms with Crippen LogP contribution >= 0.6 is 0 Å². The predicted octanol–water partition coefficient (Wildman–Crippen LogP) is 0.808. The van der Waals surface area contributed by atoms with Gasteiger partial charge in [0.1, 0.15) is 5.56 Å². The maximum absolute atomic E-state index is 11.2. The first kappa shape index (κ1) is 14.4. The van der Waals surface area contributed by atoms with E-state index in [2.05, 4.69) is 5.32 Å². The highest BCUT2D eigenvalue weighted by atomic mass is 16.6. The van der Waals surface area contributed by atoms with Crippen molar-refractivity contribution in [3.05, 3.63) is 33.9 Å². The second-order valence-electron chi connectivity index (χ2n) is 3.46. The minimum absolute atomic E-state index is 0.363. The highest BCUT2D eigenvalue weighted by molar-refractivity contribution is 5.92. The molecule has 1 aromatic carbocycles. The molecule has 2 N–H and O–H groups in total.